The van der Waals surface area contributed by atoms with Gasteiger partial charge in [0.1, 0.15) is 18.2 Å². The predicted molar refractivity (Wildman–Crippen MR) is 148 cm³/mol. The van der Waals surface area contributed by atoms with Gasteiger partial charge in [-0.15, -0.1) is 0 Å². The summed E-state index contributed by atoms with van der Waals surface area (Å²) >= 11 is 0. The van der Waals surface area contributed by atoms with Crippen molar-refractivity contribution in [3.05, 3.63) is 59.2 Å². The monoisotopic (exact) mass is 555 g/mol. The third-order valence-corrected chi connectivity index (χ3v) is 10.8. The van der Waals surface area contributed by atoms with Gasteiger partial charge in [-0.1, -0.05) is 61.9 Å². The van der Waals surface area contributed by atoms with Crippen molar-refractivity contribution in [3.63, 3.8) is 0 Å². The fraction of sp³-hybridized carbons (Fsp3) is 0.636. The number of halogens is 1. The van der Waals surface area contributed by atoms with Gasteiger partial charge in [-0.3, -0.25) is 9.59 Å². The summed E-state index contributed by atoms with van der Waals surface area (Å²) in [6.07, 6.45) is 12.0. The second-order valence-electron chi connectivity index (χ2n) is 13.0. The number of fused-ring (bicyclic) bond motifs is 5. The van der Waals surface area contributed by atoms with Crippen LogP contribution in [0.15, 0.2) is 53.6 Å². The lowest BCUT2D eigenvalue weighted by Gasteiger charge is -2.57. The van der Waals surface area contributed by atoms with Gasteiger partial charge < -0.3 is 27.6 Å². The first kappa shape index (κ1) is 30.0. The van der Waals surface area contributed by atoms with Crippen molar-refractivity contribution >= 4 is 11.8 Å². The molecule has 5 rings (SSSR count). The van der Waals surface area contributed by atoms with Crippen molar-refractivity contribution in [1.29, 1.82) is 0 Å². The van der Waals surface area contributed by atoms with Crippen LogP contribution in [-0.2, 0) is 14.3 Å². The Kier molecular flexibility index (Phi) is 9.15. The maximum Gasteiger partial charge on any atom is 0.302 e. The quantitative estimate of drug-likeness (QED) is 0.380. The summed E-state index contributed by atoms with van der Waals surface area (Å²) in [7, 11) is 0. The highest BCUT2D eigenvalue weighted by molar-refractivity contribution is 5.97. The Morgan fingerprint density at radius 2 is 1.77 bits per heavy atom. The molecule has 1 aromatic carbocycles. The van der Waals surface area contributed by atoms with Gasteiger partial charge in [0.2, 0.25) is 0 Å². The van der Waals surface area contributed by atoms with Gasteiger partial charge in [0, 0.05) is 13.3 Å². The number of nitrogens with two attached hydrogens (primary N) is 1. The molecule has 1 aromatic rings. The fourth-order valence-electron chi connectivity index (χ4n) is 8.66. The van der Waals surface area contributed by atoms with Gasteiger partial charge in [-0.2, -0.15) is 0 Å². The second-order valence-corrected chi connectivity index (χ2v) is 13.0. The normalized spacial score (nSPS) is 34.7. The molecule has 8 atom stereocenters. The lowest BCUT2D eigenvalue weighted by atomic mass is 9.47. The smallest absolute Gasteiger partial charge is 0.302 e. The van der Waals surface area contributed by atoms with Crippen molar-refractivity contribution in [1.82, 2.24) is 0 Å². The summed E-state index contributed by atoms with van der Waals surface area (Å²) in [4.78, 5) is 25.0. The Balaban J connectivity index is 0.00000353. The zero-order chi connectivity index (χ0) is 27.1. The van der Waals surface area contributed by atoms with E-state index >= 15 is 0 Å². The third kappa shape index (κ3) is 5.64. The number of ketones is 1. The molecular formula is C33H46ClNO4. The summed E-state index contributed by atoms with van der Waals surface area (Å²) in [5.74, 6) is 1.92. The number of quaternary nitrogens is 1. The van der Waals surface area contributed by atoms with Gasteiger partial charge >= 0.3 is 5.97 Å². The number of hydrogen-bond acceptors (Lipinski definition) is 4. The number of benzene rings is 1. The Morgan fingerprint density at radius 3 is 2.49 bits per heavy atom. The zero-order valence-corrected chi connectivity index (χ0v) is 24.8. The van der Waals surface area contributed by atoms with Crippen molar-refractivity contribution in [2.24, 2.45) is 28.6 Å². The van der Waals surface area contributed by atoms with E-state index in [2.05, 4.69) is 31.3 Å². The van der Waals surface area contributed by atoms with Crippen LogP contribution >= 0.6 is 0 Å². The van der Waals surface area contributed by atoms with Crippen molar-refractivity contribution < 1.29 is 37.2 Å². The molecule has 0 radical (unpaired) electrons. The molecular weight excluding hydrogens is 510 g/mol. The standard InChI is InChI=1S/C33H45NO4.ClH/c1-21(31(37)23-8-6-5-7-9-23)34-19-16-30(36)29-13-12-27-26-11-10-24-20-25(38-22(2)35)14-17-32(24,3)28(26)15-18-33(27,29)4;/h5-10,13,21,25-28,31,34,37H,11-12,14-20H2,1-4H3;1H. The summed E-state index contributed by atoms with van der Waals surface area (Å²) < 4.78 is 5.59. The Labute approximate surface area is 240 Å². The number of esters is 1. The molecule has 2 saturated carbocycles. The van der Waals surface area contributed by atoms with Gasteiger partial charge in [-0.05, 0) is 85.2 Å². The summed E-state index contributed by atoms with van der Waals surface area (Å²) in [5.41, 5.74) is 3.67. The maximum absolute atomic E-state index is 13.5. The van der Waals surface area contributed by atoms with E-state index in [1.54, 1.807) is 0 Å². The first-order chi connectivity index (χ1) is 18.1. The van der Waals surface area contributed by atoms with Crippen molar-refractivity contribution in [2.75, 3.05) is 6.54 Å². The molecule has 0 aromatic heterocycles. The molecule has 4 aliphatic carbocycles. The van der Waals surface area contributed by atoms with Gasteiger partial charge in [0.25, 0.3) is 0 Å². The van der Waals surface area contributed by atoms with Crippen LogP contribution in [0.2, 0.25) is 0 Å². The van der Waals surface area contributed by atoms with Crippen LogP contribution in [0.3, 0.4) is 0 Å². The molecule has 214 valence electrons. The molecule has 3 N–H and O–H groups in total. The largest absolute Gasteiger partial charge is 1.00 e. The van der Waals surface area contributed by atoms with Crippen LogP contribution in [0, 0.1) is 28.6 Å². The van der Waals surface area contributed by atoms with E-state index < -0.39 is 6.10 Å². The Hall–Kier alpha value is -1.95. The topological polar surface area (TPSA) is 80.2 Å². The van der Waals surface area contributed by atoms with Gasteiger partial charge in [-0.25, -0.2) is 0 Å². The van der Waals surface area contributed by atoms with E-state index in [1.807, 2.05) is 37.3 Å². The van der Waals surface area contributed by atoms with Gasteiger partial charge in [0.15, 0.2) is 5.78 Å². The molecule has 0 heterocycles. The van der Waals surface area contributed by atoms with Crippen molar-refractivity contribution in [2.45, 2.75) is 97.3 Å². The van der Waals surface area contributed by atoms with Crippen LogP contribution in [0.25, 0.3) is 0 Å². The highest BCUT2D eigenvalue weighted by atomic mass is 35.5. The predicted octanol–water partition coefficient (Wildman–Crippen LogP) is 2.07. The van der Waals surface area contributed by atoms with E-state index in [0.717, 1.165) is 49.7 Å². The minimum absolute atomic E-state index is 0. The molecule has 6 heteroatoms. The number of ether oxygens (including phenoxy) is 1. The number of hydrogen-bond donors (Lipinski definition) is 2. The third-order valence-electron chi connectivity index (χ3n) is 10.8. The van der Waals surface area contributed by atoms with E-state index in [4.69, 9.17) is 4.74 Å². The Morgan fingerprint density at radius 1 is 1.05 bits per heavy atom. The van der Waals surface area contributed by atoms with Gasteiger partial charge in [0.05, 0.1) is 13.0 Å². The molecule has 2 fully saturated rings. The van der Waals surface area contributed by atoms with E-state index in [9.17, 15) is 14.7 Å². The van der Waals surface area contributed by atoms with Crippen LogP contribution < -0.4 is 17.7 Å². The SMILES string of the molecule is CC(=O)OC1CCC2(C)C(=CCC3C2CCC2(C)C(C(=O)CC[NH2+]C(C)C(O)c4ccccc4)=CCC32)C1.[Cl-]. The second kappa shape index (κ2) is 11.9. The number of rotatable bonds is 8. The molecule has 39 heavy (non-hydrogen) atoms. The molecule has 4 aliphatic rings. The minimum Gasteiger partial charge on any atom is -1.00 e. The lowest BCUT2D eigenvalue weighted by Crippen LogP contribution is -3.00. The van der Waals surface area contributed by atoms with Crippen LogP contribution in [-0.4, -0.2) is 35.5 Å². The average molecular weight is 556 g/mol. The van der Waals surface area contributed by atoms with Crippen molar-refractivity contribution in [3.8, 4) is 0 Å². The molecule has 0 aliphatic heterocycles. The number of allylic oxidation sites excluding steroid dienone is 3. The van der Waals surface area contributed by atoms with E-state index in [1.165, 1.54) is 18.9 Å². The molecule has 8 unspecified atom stereocenters. The summed E-state index contributed by atoms with van der Waals surface area (Å²) in [6.45, 7) is 9.05. The number of carbonyl (C=O) groups is 2. The molecule has 0 spiro atoms. The number of aliphatic hydroxyl groups excluding tert-OH is 1. The van der Waals surface area contributed by atoms with Crippen LogP contribution in [0.4, 0.5) is 0 Å². The highest BCUT2D eigenvalue weighted by Crippen LogP contribution is 2.65. The number of Topliss-reactive ketones (excluding diaryl/α,β-unsaturated/α-hetero) is 1. The Bertz CT molecular complexity index is 1120. The minimum atomic E-state index is -0.538. The van der Waals surface area contributed by atoms with E-state index in [-0.39, 0.29) is 41.4 Å². The average Bonchev–Trinajstić information content (AvgIpc) is 3.26. The first-order valence-electron chi connectivity index (χ1n) is 14.8. The fourth-order valence-corrected chi connectivity index (χ4v) is 8.66. The zero-order valence-electron chi connectivity index (χ0n) is 24.0. The molecule has 0 amide bonds. The highest BCUT2D eigenvalue weighted by Gasteiger charge is 2.57. The maximum atomic E-state index is 13.5. The molecule has 0 bridgehead atoms. The summed E-state index contributed by atoms with van der Waals surface area (Å²) in [5, 5.41) is 12.8. The van der Waals surface area contributed by atoms with Crippen LogP contribution in [0.1, 0.15) is 90.7 Å². The number of carbonyl (C=O) groups excluding carboxylic acids is 2. The van der Waals surface area contributed by atoms with E-state index in [0.29, 0.717) is 36.5 Å². The number of aliphatic hydroxyl groups is 1. The van der Waals surface area contributed by atoms with Crippen LogP contribution in [0.5, 0.6) is 0 Å². The lowest BCUT2D eigenvalue weighted by molar-refractivity contribution is -0.693. The first-order valence-corrected chi connectivity index (χ1v) is 14.8. The molecule has 5 nitrogen and oxygen atoms in total. The summed E-state index contributed by atoms with van der Waals surface area (Å²) in [6, 6.07) is 9.77. The molecule has 0 saturated heterocycles.